The van der Waals surface area contributed by atoms with Gasteiger partial charge in [-0.05, 0) is 54.1 Å². The number of ether oxygens (including phenoxy) is 3. The second-order valence-electron chi connectivity index (χ2n) is 6.21. The highest BCUT2D eigenvalue weighted by Gasteiger charge is 2.12. The van der Waals surface area contributed by atoms with Crippen LogP contribution in [0.4, 0.5) is 0 Å². The maximum absolute atomic E-state index is 12.2. The first kappa shape index (κ1) is 21.9. The van der Waals surface area contributed by atoms with Crippen LogP contribution in [0, 0.1) is 0 Å². The number of carbonyl (C=O) groups excluding carboxylic acids is 2. The van der Waals surface area contributed by atoms with Gasteiger partial charge in [0, 0.05) is 5.02 Å². The first-order chi connectivity index (χ1) is 15.0. The number of hydrogen-bond acceptors (Lipinski definition) is 6. The summed E-state index contributed by atoms with van der Waals surface area (Å²) in [7, 11) is 1.46. The van der Waals surface area contributed by atoms with Crippen LogP contribution in [-0.2, 0) is 4.79 Å². The standard InChI is InChI=1S/C23H19ClN2O5/c1-29-21-12-16(10-11-20(21)31-23(28)17-6-3-2-4-7-17)14-25-26-22(27)15-30-19-9-5-8-18(24)13-19/h2-14H,15H2,1H3,(H,26,27)/b25-14+. The Balaban J connectivity index is 1.55. The summed E-state index contributed by atoms with van der Waals surface area (Å²) in [6.07, 6.45) is 1.43. The Morgan fingerprint density at radius 2 is 1.81 bits per heavy atom. The highest BCUT2D eigenvalue weighted by atomic mass is 35.5. The van der Waals surface area contributed by atoms with Gasteiger partial charge >= 0.3 is 5.97 Å². The quantitative estimate of drug-likeness (QED) is 0.248. The van der Waals surface area contributed by atoms with Crippen molar-refractivity contribution < 1.29 is 23.8 Å². The molecule has 0 atom stereocenters. The minimum absolute atomic E-state index is 0.213. The van der Waals surface area contributed by atoms with Crippen LogP contribution in [0.1, 0.15) is 15.9 Å². The lowest BCUT2D eigenvalue weighted by Gasteiger charge is -2.10. The monoisotopic (exact) mass is 438 g/mol. The van der Waals surface area contributed by atoms with Gasteiger partial charge in [0.2, 0.25) is 0 Å². The van der Waals surface area contributed by atoms with Gasteiger partial charge in [-0.15, -0.1) is 0 Å². The predicted octanol–water partition coefficient (Wildman–Crippen LogP) is 4.10. The molecule has 0 heterocycles. The number of nitrogens with zero attached hydrogens (tertiary/aromatic N) is 1. The zero-order valence-electron chi connectivity index (χ0n) is 16.6. The fraction of sp³-hybridized carbons (Fsp3) is 0.0870. The van der Waals surface area contributed by atoms with Gasteiger partial charge in [-0.3, -0.25) is 4.79 Å². The summed E-state index contributed by atoms with van der Waals surface area (Å²) in [4.78, 5) is 24.1. The summed E-state index contributed by atoms with van der Waals surface area (Å²) in [6, 6.07) is 20.3. The third-order valence-electron chi connectivity index (χ3n) is 3.97. The first-order valence-corrected chi connectivity index (χ1v) is 9.58. The molecule has 3 rings (SSSR count). The van der Waals surface area contributed by atoms with Gasteiger partial charge in [0.1, 0.15) is 5.75 Å². The summed E-state index contributed by atoms with van der Waals surface area (Å²) >= 11 is 5.86. The van der Waals surface area contributed by atoms with Gasteiger partial charge < -0.3 is 14.2 Å². The van der Waals surface area contributed by atoms with Gasteiger partial charge in [-0.1, -0.05) is 35.9 Å². The molecule has 0 aliphatic rings. The van der Waals surface area contributed by atoms with E-state index in [4.69, 9.17) is 25.8 Å². The minimum Gasteiger partial charge on any atom is -0.493 e. The molecular weight excluding hydrogens is 420 g/mol. The van der Waals surface area contributed by atoms with E-state index in [1.165, 1.54) is 13.3 Å². The number of halogens is 1. The predicted molar refractivity (Wildman–Crippen MR) is 117 cm³/mol. The van der Waals surface area contributed by atoms with Crippen molar-refractivity contribution in [3.63, 3.8) is 0 Å². The SMILES string of the molecule is COc1cc(/C=N/NC(=O)COc2cccc(Cl)c2)ccc1OC(=O)c1ccccc1. The Labute approximate surface area is 184 Å². The van der Waals surface area contributed by atoms with Gasteiger partial charge in [-0.25, -0.2) is 10.2 Å². The lowest BCUT2D eigenvalue weighted by molar-refractivity contribution is -0.123. The Kier molecular flexibility index (Phi) is 7.61. The van der Waals surface area contributed by atoms with Gasteiger partial charge in [-0.2, -0.15) is 5.10 Å². The number of benzene rings is 3. The lowest BCUT2D eigenvalue weighted by atomic mass is 10.2. The third kappa shape index (κ3) is 6.58. The highest BCUT2D eigenvalue weighted by Crippen LogP contribution is 2.28. The molecule has 158 valence electrons. The van der Waals surface area contributed by atoms with E-state index in [1.807, 2.05) is 6.07 Å². The van der Waals surface area contributed by atoms with Crippen LogP contribution in [0.25, 0.3) is 0 Å². The maximum atomic E-state index is 12.2. The third-order valence-corrected chi connectivity index (χ3v) is 4.20. The minimum atomic E-state index is -0.493. The van der Waals surface area contributed by atoms with Crippen molar-refractivity contribution in [3.8, 4) is 17.2 Å². The van der Waals surface area contributed by atoms with Crippen LogP contribution in [-0.4, -0.2) is 31.8 Å². The van der Waals surface area contributed by atoms with Crippen LogP contribution in [0.2, 0.25) is 5.02 Å². The molecule has 3 aromatic carbocycles. The van der Waals surface area contributed by atoms with E-state index in [1.54, 1.807) is 66.7 Å². The van der Waals surface area contributed by atoms with Crippen molar-refractivity contribution >= 4 is 29.7 Å². The molecule has 7 nitrogen and oxygen atoms in total. The molecule has 3 aromatic rings. The number of amides is 1. The molecule has 1 N–H and O–H groups in total. The van der Waals surface area contributed by atoms with Crippen molar-refractivity contribution in [2.45, 2.75) is 0 Å². The van der Waals surface area contributed by atoms with E-state index in [0.29, 0.717) is 27.6 Å². The molecular formula is C23H19ClN2O5. The number of hydrogen-bond donors (Lipinski definition) is 1. The number of hydrazone groups is 1. The summed E-state index contributed by atoms with van der Waals surface area (Å²) in [5, 5.41) is 4.41. The summed E-state index contributed by atoms with van der Waals surface area (Å²) < 4.78 is 16.0. The zero-order chi connectivity index (χ0) is 22.1. The molecule has 0 spiro atoms. The number of rotatable bonds is 8. The molecule has 0 fully saturated rings. The average molecular weight is 439 g/mol. The second-order valence-corrected chi connectivity index (χ2v) is 6.64. The van der Waals surface area contributed by atoms with Crippen LogP contribution < -0.4 is 19.6 Å². The topological polar surface area (TPSA) is 86.2 Å². The number of nitrogens with one attached hydrogen (secondary N) is 1. The van der Waals surface area contributed by atoms with Crippen molar-refractivity contribution in [1.29, 1.82) is 0 Å². The number of esters is 1. The smallest absolute Gasteiger partial charge is 0.343 e. The van der Waals surface area contributed by atoms with Crippen LogP contribution in [0.5, 0.6) is 17.2 Å². The Hall–Kier alpha value is -3.84. The van der Waals surface area contributed by atoms with Crippen molar-refractivity contribution in [1.82, 2.24) is 5.43 Å². The maximum Gasteiger partial charge on any atom is 0.343 e. The molecule has 0 unspecified atom stereocenters. The fourth-order valence-electron chi connectivity index (χ4n) is 2.50. The molecule has 8 heteroatoms. The largest absolute Gasteiger partial charge is 0.493 e. The van der Waals surface area contributed by atoms with E-state index in [9.17, 15) is 9.59 Å². The van der Waals surface area contributed by atoms with E-state index in [2.05, 4.69) is 10.5 Å². The van der Waals surface area contributed by atoms with Crippen LogP contribution in [0.15, 0.2) is 77.9 Å². The second kappa shape index (κ2) is 10.8. The Morgan fingerprint density at radius 1 is 1.00 bits per heavy atom. The van der Waals surface area contributed by atoms with E-state index >= 15 is 0 Å². The lowest BCUT2D eigenvalue weighted by Crippen LogP contribution is -2.24. The summed E-state index contributed by atoms with van der Waals surface area (Å²) in [5.74, 6) is 0.178. The molecule has 0 saturated carbocycles. The molecule has 0 aromatic heterocycles. The van der Waals surface area contributed by atoms with Gasteiger partial charge in [0.05, 0.1) is 18.9 Å². The fourth-order valence-corrected chi connectivity index (χ4v) is 2.68. The normalized spacial score (nSPS) is 10.5. The molecule has 0 radical (unpaired) electrons. The van der Waals surface area contributed by atoms with Gasteiger partial charge in [0.25, 0.3) is 5.91 Å². The molecule has 0 saturated heterocycles. The summed E-state index contributed by atoms with van der Waals surface area (Å²) in [6.45, 7) is -0.213. The van der Waals surface area contributed by atoms with Crippen molar-refractivity contribution in [2.75, 3.05) is 13.7 Å². The molecule has 1 amide bonds. The Morgan fingerprint density at radius 3 is 2.55 bits per heavy atom. The first-order valence-electron chi connectivity index (χ1n) is 9.20. The summed E-state index contributed by atoms with van der Waals surface area (Å²) in [5.41, 5.74) is 3.43. The van der Waals surface area contributed by atoms with Crippen LogP contribution in [0.3, 0.4) is 0 Å². The molecule has 0 aliphatic carbocycles. The zero-order valence-corrected chi connectivity index (χ0v) is 17.3. The highest BCUT2D eigenvalue weighted by molar-refractivity contribution is 6.30. The number of carbonyl (C=O) groups is 2. The number of methoxy groups -OCH3 is 1. The van der Waals surface area contributed by atoms with E-state index < -0.39 is 11.9 Å². The molecule has 31 heavy (non-hydrogen) atoms. The average Bonchev–Trinajstić information content (AvgIpc) is 2.79. The van der Waals surface area contributed by atoms with Gasteiger partial charge in [0.15, 0.2) is 18.1 Å². The molecule has 0 bridgehead atoms. The van der Waals surface area contributed by atoms with Crippen LogP contribution >= 0.6 is 11.6 Å². The Bertz CT molecular complexity index is 1090. The van der Waals surface area contributed by atoms with E-state index in [-0.39, 0.29) is 12.4 Å². The molecule has 0 aliphatic heterocycles. The van der Waals surface area contributed by atoms with Crippen molar-refractivity contribution in [3.05, 3.63) is 88.9 Å². The van der Waals surface area contributed by atoms with E-state index in [0.717, 1.165) is 0 Å². The van der Waals surface area contributed by atoms with Crippen molar-refractivity contribution in [2.24, 2.45) is 5.10 Å².